The molecule has 2 aromatic heterocycles. The molecule has 0 bridgehead atoms. The van der Waals surface area contributed by atoms with Crippen LogP contribution in [0.3, 0.4) is 0 Å². The van der Waals surface area contributed by atoms with E-state index in [-0.39, 0.29) is 75.3 Å². The van der Waals surface area contributed by atoms with E-state index in [1.807, 2.05) is 4.90 Å². The molecule has 1 aliphatic heterocycles. The number of benzene rings is 2. The third kappa shape index (κ3) is 9.19. The quantitative estimate of drug-likeness (QED) is 0.126. The van der Waals surface area contributed by atoms with E-state index in [9.17, 15) is 40.7 Å². The molecule has 53 heavy (non-hydrogen) atoms. The first-order chi connectivity index (χ1) is 25.0. The highest BCUT2D eigenvalue weighted by Gasteiger charge is 2.37. The van der Waals surface area contributed by atoms with Gasteiger partial charge in [0.05, 0.1) is 31.2 Å². The number of alkyl halides is 6. The van der Waals surface area contributed by atoms with Gasteiger partial charge >= 0.3 is 24.0 Å². The van der Waals surface area contributed by atoms with Crippen LogP contribution in [0.5, 0.6) is 0 Å². The first-order valence-electron chi connectivity index (χ1n) is 16.8. The molecule has 0 saturated carbocycles. The highest BCUT2D eigenvalue weighted by Crippen LogP contribution is 2.34. The largest absolute Gasteiger partial charge is 0.481 e. The van der Waals surface area contributed by atoms with Crippen molar-refractivity contribution >= 4 is 11.7 Å². The van der Waals surface area contributed by atoms with Crippen molar-refractivity contribution in [1.29, 1.82) is 0 Å². The summed E-state index contributed by atoms with van der Waals surface area (Å²) in [4.78, 5) is 43.2. The number of carboxylic acids is 1. The molecule has 1 fully saturated rings. The fourth-order valence-electron chi connectivity index (χ4n) is 6.56. The molecule has 0 amide bonds. The Bertz CT molecular complexity index is 2020. The van der Waals surface area contributed by atoms with Crippen LogP contribution in [-0.2, 0) is 36.8 Å². The molecular weight excluding hydrogens is 715 g/mol. The second-order valence-corrected chi connectivity index (χ2v) is 12.9. The number of halogens is 7. The summed E-state index contributed by atoms with van der Waals surface area (Å²) in [5.74, 6) is -3.26. The maximum atomic E-state index is 15.1. The number of hydrogen-bond donors (Lipinski definition) is 2. The fourth-order valence-corrected chi connectivity index (χ4v) is 6.56. The predicted molar refractivity (Wildman–Crippen MR) is 180 cm³/mol. The van der Waals surface area contributed by atoms with Crippen LogP contribution in [0.4, 0.5) is 36.4 Å². The maximum Gasteiger partial charge on any atom is 0.449 e. The number of aromatic nitrogens is 2. The third-order valence-electron chi connectivity index (χ3n) is 9.30. The monoisotopic (exact) mass is 753 g/mol. The lowest BCUT2D eigenvalue weighted by molar-refractivity contribution is -0.153. The fraction of sp³-hybridized carbons (Fsp3) is 0.417. The van der Waals surface area contributed by atoms with E-state index in [0.29, 0.717) is 11.6 Å². The van der Waals surface area contributed by atoms with Crippen LogP contribution >= 0.6 is 0 Å². The van der Waals surface area contributed by atoms with Crippen molar-refractivity contribution in [3.63, 3.8) is 0 Å². The zero-order chi connectivity index (χ0) is 38.7. The van der Waals surface area contributed by atoms with Gasteiger partial charge in [-0.25, -0.2) is 9.18 Å². The zero-order valence-electron chi connectivity index (χ0n) is 28.8. The van der Waals surface area contributed by atoms with E-state index in [1.165, 1.54) is 13.0 Å². The molecule has 286 valence electrons. The van der Waals surface area contributed by atoms with Crippen molar-refractivity contribution < 1.29 is 45.1 Å². The van der Waals surface area contributed by atoms with Crippen LogP contribution in [0.2, 0.25) is 0 Å². The van der Waals surface area contributed by atoms with E-state index in [0.717, 1.165) is 27.3 Å². The first kappa shape index (κ1) is 39.3. The molecule has 10 nitrogen and oxygen atoms in total. The van der Waals surface area contributed by atoms with Crippen molar-refractivity contribution in [2.45, 2.75) is 70.8 Å². The zero-order valence-corrected chi connectivity index (χ0v) is 28.8. The standard InChI is InChI=1S/C36H38F7N5O5/c1-22-18-46(17-16-45(22)19-25-13-14-30(53-25)36(41,42)43)32-23(2)47(20-26-27(35(38,39)40)10-6-11-28(26)37)34(52)48(33(32)51)21-29(24-8-4-3-5-9-24)44-15-7-12-31(49)50/h3-6,8-11,13-14,22,29,44H,7,12,15-21H2,1-2H3,(H,49,50)/t22-,29+/m1/s1. The molecule has 1 aliphatic rings. The van der Waals surface area contributed by atoms with Crippen molar-refractivity contribution in [2.24, 2.45) is 0 Å². The Labute approximate surface area is 299 Å². The van der Waals surface area contributed by atoms with Gasteiger partial charge in [-0.1, -0.05) is 36.4 Å². The summed E-state index contributed by atoms with van der Waals surface area (Å²) in [6.07, 6.45) is -9.53. The van der Waals surface area contributed by atoms with E-state index in [4.69, 9.17) is 9.52 Å². The molecule has 3 heterocycles. The molecule has 2 N–H and O–H groups in total. The summed E-state index contributed by atoms with van der Waals surface area (Å²) in [7, 11) is 0. The maximum absolute atomic E-state index is 15.1. The predicted octanol–water partition coefficient (Wildman–Crippen LogP) is 6.04. The molecular formula is C36H38F7N5O5. The molecule has 17 heteroatoms. The Kier molecular flexibility index (Phi) is 11.9. The highest BCUT2D eigenvalue weighted by atomic mass is 19.4. The van der Waals surface area contributed by atoms with E-state index in [2.05, 4.69) is 5.32 Å². The van der Waals surface area contributed by atoms with Crippen LogP contribution in [-0.4, -0.2) is 57.3 Å². The topological polar surface area (TPSA) is 113 Å². The van der Waals surface area contributed by atoms with Gasteiger partial charge in [-0.2, -0.15) is 26.3 Å². The minimum absolute atomic E-state index is 0.000176. The van der Waals surface area contributed by atoms with Crippen LogP contribution in [0.15, 0.2) is 74.7 Å². The molecule has 0 aliphatic carbocycles. The van der Waals surface area contributed by atoms with Crippen molar-refractivity contribution in [1.82, 2.24) is 19.4 Å². The van der Waals surface area contributed by atoms with E-state index in [1.54, 1.807) is 42.2 Å². The normalized spacial score (nSPS) is 16.2. The smallest absolute Gasteiger partial charge is 0.449 e. The Morgan fingerprint density at radius 3 is 2.28 bits per heavy atom. The number of aliphatic carboxylic acids is 1. The molecule has 2 atom stereocenters. The number of nitrogens with one attached hydrogen (secondary N) is 1. The molecule has 5 rings (SSSR count). The average Bonchev–Trinajstić information content (AvgIpc) is 3.57. The third-order valence-corrected chi connectivity index (χ3v) is 9.30. The van der Waals surface area contributed by atoms with E-state index >= 15 is 4.39 Å². The van der Waals surface area contributed by atoms with Gasteiger partial charge in [0, 0.05) is 43.4 Å². The number of nitrogens with zero attached hydrogens (tertiary/aromatic N) is 4. The molecule has 0 spiro atoms. The minimum atomic E-state index is -4.95. The summed E-state index contributed by atoms with van der Waals surface area (Å²) in [5.41, 5.74) is -3.16. The van der Waals surface area contributed by atoms with Crippen LogP contribution in [0.25, 0.3) is 0 Å². The van der Waals surface area contributed by atoms with Gasteiger partial charge in [0.2, 0.25) is 5.76 Å². The summed E-state index contributed by atoms with van der Waals surface area (Å²) < 4.78 is 104. The molecule has 1 saturated heterocycles. The highest BCUT2D eigenvalue weighted by molar-refractivity contribution is 5.66. The Morgan fingerprint density at radius 1 is 0.943 bits per heavy atom. The molecule has 2 aromatic carbocycles. The lowest BCUT2D eigenvalue weighted by atomic mass is 10.1. The minimum Gasteiger partial charge on any atom is -0.481 e. The second-order valence-electron chi connectivity index (χ2n) is 12.9. The van der Waals surface area contributed by atoms with Gasteiger partial charge in [-0.15, -0.1) is 0 Å². The number of hydrogen-bond acceptors (Lipinski definition) is 7. The number of carboxylic acid groups (broad SMARTS) is 1. The number of carbonyl (C=O) groups is 1. The summed E-state index contributed by atoms with van der Waals surface area (Å²) in [6.45, 7) is 2.78. The van der Waals surface area contributed by atoms with Gasteiger partial charge in [-0.05, 0) is 56.6 Å². The van der Waals surface area contributed by atoms with Crippen LogP contribution in [0, 0.1) is 12.7 Å². The van der Waals surface area contributed by atoms with E-state index < -0.39 is 64.9 Å². The lowest BCUT2D eigenvalue weighted by Gasteiger charge is -2.41. The van der Waals surface area contributed by atoms with Gasteiger partial charge in [0.15, 0.2) is 0 Å². The van der Waals surface area contributed by atoms with Crippen molar-refractivity contribution in [2.75, 3.05) is 31.1 Å². The van der Waals surface area contributed by atoms with Crippen LogP contribution < -0.4 is 21.5 Å². The average molecular weight is 754 g/mol. The Morgan fingerprint density at radius 2 is 1.66 bits per heavy atom. The van der Waals surface area contributed by atoms with Gasteiger partial charge in [-0.3, -0.25) is 23.6 Å². The van der Waals surface area contributed by atoms with Crippen molar-refractivity contribution in [3.05, 3.63) is 121 Å². The number of anilines is 1. The number of piperazine rings is 1. The number of furan rings is 1. The molecule has 0 unspecified atom stereocenters. The summed E-state index contributed by atoms with van der Waals surface area (Å²) >= 11 is 0. The summed E-state index contributed by atoms with van der Waals surface area (Å²) in [5, 5.41) is 12.3. The van der Waals surface area contributed by atoms with Gasteiger partial charge < -0.3 is 19.7 Å². The number of rotatable bonds is 13. The summed E-state index contributed by atoms with van der Waals surface area (Å²) in [6, 6.07) is 12.1. The molecule has 0 radical (unpaired) electrons. The second kappa shape index (κ2) is 16.0. The van der Waals surface area contributed by atoms with Gasteiger partial charge in [0.1, 0.15) is 17.3 Å². The van der Waals surface area contributed by atoms with Gasteiger partial charge in [0.25, 0.3) is 5.56 Å². The Balaban J connectivity index is 1.55. The first-order valence-corrected chi connectivity index (χ1v) is 16.8. The van der Waals surface area contributed by atoms with Crippen LogP contribution in [0.1, 0.15) is 59.7 Å². The SMILES string of the molecule is Cc1c(N2CCN(Cc3ccc(C(F)(F)F)o3)[C@H](C)C2)c(=O)n(C[C@H](NCCCC(=O)O)c2ccccc2)c(=O)n1Cc1c(F)cccc1C(F)(F)F. The molecule has 4 aromatic rings. The Hall–Kier alpha value is -4.90. The lowest BCUT2D eigenvalue weighted by Crippen LogP contribution is -2.54. The van der Waals surface area contributed by atoms with Crippen molar-refractivity contribution in [3.8, 4) is 0 Å².